The van der Waals surface area contributed by atoms with E-state index in [-0.39, 0.29) is 12.0 Å². The van der Waals surface area contributed by atoms with Gasteiger partial charge in [-0.3, -0.25) is 0 Å². The molecule has 0 aliphatic rings. The Morgan fingerprint density at radius 2 is 1.75 bits per heavy atom. The number of carbonyl (C=O) groups is 1. The van der Waals surface area contributed by atoms with Crippen LogP contribution in [-0.2, 0) is 9.22 Å². The first kappa shape index (κ1) is 15.6. The van der Waals surface area contributed by atoms with E-state index >= 15 is 0 Å². The average molecular weight is 242 g/mol. The lowest BCUT2D eigenvalue weighted by Crippen LogP contribution is -2.42. The molecule has 0 aliphatic carbocycles. The minimum Gasteiger partial charge on any atom is -0.413 e. The molecule has 0 aromatic rings. The zero-order chi connectivity index (χ0) is 12.6. The Morgan fingerprint density at radius 1 is 1.25 bits per heavy atom. The maximum absolute atomic E-state index is 10.9. The van der Waals surface area contributed by atoms with Crippen LogP contribution in [0.25, 0.3) is 0 Å². The summed E-state index contributed by atoms with van der Waals surface area (Å²) >= 11 is 0. The van der Waals surface area contributed by atoms with Crippen molar-refractivity contribution in [1.29, 1.82) is 0 Å². The highest BCUT2D eigenvalue weighted by atomic mass is 28.4. The van der Waals surface area contributed by atoms with E-state index in [1.54, 1.807) is 0 Å². The molecule has 0 rings (SSSR count). The highest BCUT2D eigenvalue weighted by molar-refractivity contribution is 6.73. The summed E-state index contributed by atoms with van der Waals surface area (Å²) in [5.41, 5.74) is 0. The molecule has 0 fully saturated rings. The minimum absolute atomic E-state index is 0.0292. The van der Waals surface area contributed by atoms with Gasteiger partial charge in [0, 0.05) is 5.92 Å². The summed E-state index contributed by atoms with van der Waals surface area (Å²) in [5.74, 6) is -0.0328. The van der Waals surface area contributed by atoms with Gasteiger partial charge >= 0.3 is 0 Å². The fourth-order valence-electron chi connectivity index (χ4n) is 1.94. The first-order chi connectivity index (χ1) is 7.59. The number of carbonyl (C=O) groups excluding carboxylic acids is 1. The molecule has 0 spiro atoms. The first-order valence-electron chi connectivity index (χ1n) is 6.33. The van der Waals surface area contributed by atoms with E-state index in [0.29, 0.717) is 0 Å². The predicted molar refractivity (Wildman–Crippen MR) is 72.1 cm³/mol. The highest BCUT2D eigenvalue weighted by Gasteiger charge is 2.33. The zero-order valence-corrected chi connectivity index (χ0v) is 12.2. The number of hydrogen-bond acceptors (Lipinski definition) is 2. The molecule has 94 valence electrons. The quantitative estimate of drug-likeness (QED) is 0.349. The molecule has 2 nitrogen and oxygen atoms in total. The summed E-state index contributed by atoms with van der Waals surface area (Å²) < 4.78 is 6.32. The maximum atomic E-state index is 10.9. The highest BCUT2D eigenvalue weighted by Crippen LogP contribution is 2.26. The Labute approximate surface area is 101 Å². The smallest absolute Gasteiger partial charge is 0.192 e. The van der Waals surface area contributed by atoms with Gasteiger partial charge in [0.25, 0.3) is 0 Å². The number of rotatable bonds is 9. The second-order valence-electron chi connectivity index (χ2n) is 4.42. The van der Waals surface area contributed by atoms with E-state index in [0.717, 1.165) is 30.8 Å². The lowest BCUT2D eigenvalue weighted by atomic mass is 10.0. The van der Waals surface area contributed by atoms with Crippen LogP contribution in [0.15, 0.2) is 12.7 Å². The van der Waals surface area contributed by atoms with Crippen LogP contribution >= 0.6 is 0 Å². The van der Waals surface area contributed by atoms with Crippen LogP contribution in [0.2, 0.25) is 18.1 Å². The van der Waals surface area contributed by atoms with Gasteiger partial charge in [-0.25, -0.2) is 0 Å². The SMILES string of the molecule is C=CC[C@@H](O[Si](CC)(CC)CC)[C@@H](C)C=O. The molecule has 0 unspecified atom stereocenters. The topological polar surface area (TPSA) is 26.3 Å². The second kappa shape index (κ2) is 7.79. The third-order valence-corrected chi connectivity index (χ3v) is 8.20. The van der Waals surface area contributed by atoms with Crippen LogP contribution in [0, 0.1) is 5.92 Å². The van der Waals surface area contributed by atoms with Crippen LogP contribution in [0.1, 0.15) is 34.1 Å². The van der Waals surface area contributed by atoms with Crippen molar-refractivity contribution in [3.63, 3.8) is 0 Å². The van der Waals surface area contributed by atoms with Crippen molar-refractivity contribution in [2.45, 2.75) is 58.4 Å². The van der Waals surface area contributed by atoms with Crippen molar-refractivity contribution in [2.75, 3.05) is 0 Å². The predicted octanol–water partition coefficient (Wildman–Crippen LogP) is 3.79. The van der Waals surface area contributed by atoms with E-state index < -0.39 is 8.32 Å². The van der Waals surface area contributed by atoms with Gasteiger partial charge in [0.15, 0.2) is 8.32 Å². The summed E-state index contributed by atoms with van der Waals surface area (Å²) in [5, 5.41) is 0. The van der Waals surface area contributed by atoms with E-state index in [9.17, 15) is 4.79 Å². The van der Waals surface area contributed by atoms with E-state index in [1.165, 1.54) is 0 Å². The molecule has 0 amide bonds. The molecule has 0 saturated carbocycles. The summed E-state index contributed by atoms with van der Waals surface area (Å²) in [6.45, 7) is 12.3. The third-order valence-electron chi connectivity index (χ3n) is 3.53. The molecule has 16 heavy (non-hydrogen) atoms. The zero-order valence-electron chi connectivity index (χ0n) is 11.2. The molecule has 0 aromatic carbocycles. The molecule has 0 aromatic heterocycles. The van der Waals surface area contributed by atoms with Crippen molar-refractivity contribution in [3.05, 3.63) is 12.7 Å². The van der Waals surface area contributed by atoms with Gasteiger partial charge in [0.1, 0.15) is 6.29 Å². The Morgan fingerprint density at radius 3 is 2.06 bits per heavy atom. The van der Waals surface area contributed by atoms with Crippen molar-refractivity contribution < 1.29 is 9.22 Å². The fraction of sp³-hybridized carbons (Fsp3) is 0.769. The van der Waals surface area contributed by atoms with Crippen LogP contribution in [0.3, 0.4) is 0 Å². The molecule has 0 bridgehead atoms. The largest absolute Gasteiger partial charge is 0.413 e. The van der Waals surface area contributed by atoms with Gasteiger partial charge in [-0.15, -0.1) is 6.58 Å². The molecule has 0 heterocycles. The molecule has 0 radical (unpaired) electrons. The number of hydrogen-bond donors (Lipinski definition) is 0. The third kappa shape index (κ3) is 4.22. The summed E-state index contributed by atoms with van der Waals surface area (Å²) in [7, 11) is -1.60. The molecule has 2 atom stereocenters. The Balaban J connectivity index is 4.68. The van der Waals surface area contributed by atoms with Gasteiger partial charge in [0.2, 0.25) is 0 Å². The van der Waals surface area contributed by atoms with E-state index in [4.69, 9.17) is 4.43 Å². The Hall–Kier alpha value is -0.413. The van der Waals surface area contributed by atoms with Crippen molar-refractivity contribution in [2.24, 2.45) is 5.92 Å². The van der Waals surface area contributed by atoms with Crippen LogP contribution in [0.4, 0.5) is 0 Å². The Bertz CT molecular complexity index is 204. The molecule has 0 N–H and O–H groups in total. The first-order valence-corrected chi connectivity index (χ1v) is 8.86. The van der Waals surface area contributed by atoms with Crippen LogP contribution < -0.4 is 0 Å². The van der Waals surface area contributed by atoms with Gasteiger partial charge in [-0.1, -0.05) is 33.8 Å². The van der Waals surface area contributed by atoms with Crippen molar-refractivity contribution in [1.82, 2.24) is 0 Å². The molecular weight excluding hydrogens is 216 g/mol. The van der Waals surface area contributed by atoms with Crippen molar-refractivity contribution >= 4 is 14.6 Å². The molecule has 3 heteroatoms. The number of aldehydes is 1. The summed E-state index contributed by atoms with van der Waals surface area (Å²) in [6.07, 6.45) is 3.65. The fourth-order valence-corrected chi connectivity index (χ4v) is 4.90. The van der Waals surface area contributed by atoms with Crippen LogP contribution in [-0.4, -0.2) is 20.7 Å². The normalized spacial score (nSPS) is 15.5. The molecular formula is C13H26O2Si. The molecule has 0 aliphatic heterocycles. The minimum atomic E-state index is -1.60. The monoisotopic (exact) mass is 242 g/mol. The van der Waals surface area contributed by atoms with Crippen molar-refractivity contribution in [3.8, 4) is 0 Å². The van der Waals surface area contributed by atoms with Gasteiger partial charge < -0.3 is 9.22 Å². The lowest BCUT2D eigenvalue weighted by molar-refractivity contribution is -0.113. The summed E-state index contributed by atoms with van der Waals surface area (Å²) in [4.78, 5) is 10.9. The standard InChI is InChI=1S/C13H26O2Si/c1-6-10-13(12(5)11-14)15-16(7-2,8-3)9-4/h6,11-13H,1,7-10H2,2-5H3/t12-,13+/m0/s1. The van der Waals surface area contributed by atoms with Gasteiger partial charge in [0.05, 0.1) is 6.10 Å². The second-order valence-corrected chi connectivity index (χ2v) is 9.14. The van der Waals surface area contributed by atoms with Gasteiger partial charge in [-0.2, -0.15) is 0 Å². The molecule has 0 saturated heterocycles. The average Bonchev–Trinajstić information content (AvgIpc) is 2.34. The van der Waals surface area contributed by atoms with E-state index in [1.807, 2.05) is 13.0 Å². The maximum Gasteiger partial charge on any atom is 0.192 e. The summed E-state index contributed by atoms with van der Waals surface area (Å²) in [6, 6.07) is 3.37. The van der Waals surface area contributed by atoms with E-state index in [2.05, 4.69) is 27.4 Å². The van der Waals surface area contributed by atoms with Crippen LogP contribution in [0.5, 0.6) is 0 Å². The lowest BCUT2D eigenvalue weighted by Gasteiger charge is -2.34. The van der Waals surface area contributed by atoms with Gasteiger partial charge in [-0.05, 0) is 24.6 Å². The Kier molecular flexibility index (Phi) is 7.59.